The number of hydrogen-bond acceptors (Lipinski definition) is 6. The van der Waals surface area contributed by atoms with Gasteiger partial charge < -0.3 is 10.1 Å². The number of nitrogens with one attached hydrogen (secondary N) is 1. The molecule has 1 unspecified atom stereocenters. The highest BCUT2D eigenvalue weighted by Crippen LogP contribution is 2.46. The number of amides is 1. The molecule has 0 fully saturated rings. The van der Waals surface area contributed by atoms with Crippen LogP contribution in [0.1, 0.15) is 27.8 Å². The first-order valence-electron chi connectivity index (χ1n) is 10.6. The summed E-state index contributed by atoms with van der Waals surface area (Å²) in [5.74, 6) is 2.07. The standard InChI is InChI=1S/C25H23N5O2S/c1-15-13-16(2)27-25(26-15)30-24-21(22(29-30)17-7-5-4-6-8-17)23(33-14-20(31)28-24)18-9-11-19(32-3)12-10-18/h4-13,23H,14H2,1-3H3,(H,28,31). The van der Waals surface area contributed by atoms with Crippen LogP contribution in [0.5, 0.6) is 5.75 Å². The summed E-state index contributed by atoms with van der Waals surface area (Å²) in [6, 6.07) is 19.9. The number of rotatable bonds is 4. The molecule has 1 atom stereocenters. The Labute approximate surface area is 196 Å². The first-order valence-corrected chi connectivity index (χ1v) is 11.6. The smallest absolute Gasteiger partial charge is 0.252 e. The number of thioether (sulfide) groups is 1. The monoisotopic (exact) mass is 457 g/mol. The number of methoxy groups -OCH3 is 1. The van der Waals surface area contributed by atoms with Crippen molar-refractivity contribution in [2.24, 2.45) is 0 Å². The van der Waals surface area contributed by atoms with Crippen LogP contribution in [0.15, 0.2) is 60.7 Å². The average Bonchev–Trinajstić information content (AvgIpc) is 3.09. The second-order valence-electron chi connectivity index (χ2n) is 7.85. The fourth-order valence-corrected chi connectivity index (χ4v) is 5.14. The van der Waals surface area contributed by atoms with E-state index < -0.39 is 0 Å². The third-order valence-electron chi connectivity index (χ3n) is 5.45. The molecule has 2 aromatic heterocycles. The van der Waals surface area contributed by atoms with Gasteiger partial charge in [0.05, 0.1) is 23.8 Å². The maximum absolute atomic E-state index is 12.8. The molecule has 1 aliphatic rings. The summed E-state index contributed by atoms with van der Waals surface area (Å²) in [5, 5.41) is 7.90. The summed E-state index contributed by atoms with van der Waals surface area (Å²) in [4.78, 5) is 22.0. The van der Waals surface area contributed by atoms with Gasteiger partial charge in [-0.3, -0.25) is 4.79 Å². The van der Waals surface area contributed by atoms with Crippen LogP contribution < -0.4 is 10.1 Å². The molecule has 1 amide bonds. The molecular formula is C25H23N5O2S. The van der Waals surface area contributed by atoms with Crippen LogP contribution in [0, 0.1) is 13.8 Å². The summed E-state index contributed by atoms with van der Waals surface area (Å²) in [6.07, 6.45) is 0. The molecule has 1 aliphatic heterocycles. The largest absolute Gasteiger partial charge is 0.497 e. The number of hydrogen-bond donors (Lipinski definition) is 1. The zero-order chi connectivity index (χ0) is 22.9. The van der Waals surface area contributed by atoms with E-state index in [0.717, 1.165) is 39.5 Å². The first kappa shape index (κ1) is 21.2. The van der Waals surface area contributed by atoms with Crippen molar-refractivity contribution >= 4 is 23.5 Å². The van der Waals surface area contributed by atoms with Crippen molar-refractivity contribution in [1.82, 2.24) is 19.7 Å². The Balaban J connectivity index is 1.77. The van der Waals surface area contributed by atoms with Crippen LogP contribution >= 0.6 is 11.8 Å². The number of ether oxygens (including phenoxy) is 1. The number of anilines is 1. The molecule has 5 rings (SSSR count). The van der Waals surface area contributed by atoms with E-state index in [1.54, 1.807) is 23.6 Å². The van der Waals surface area contributed by atoms with Crippen LogP contribution in [0.2, 0.25) is 0 Å². The van der Waals surface area contributed by atoms with E-state index in [1.807, 2.05) is 74.5 Å². The fourth-order valence-electron chi connectivity index (χ4n) is 4.01. The maximum Gasteiger partial charge on any atom is 0.252 e. The lowest BCUT2D eigenvalue weighted by Gasteiger charge is -2.16. The second-order valence-corrected chi connectivity index (χ2v) is 8.95. The lowest BCUT2D eigenvalue weighted by Crippen LogP contribution is -2.17. The predicted octanol–water partition coefficient (Wildman–Crippen LogP) is 4.73. The lowest BCUT2D eigenvalue weighted by atomic mass is 10.00. The molecule has 7 nitrogen and oxygen atoms in total. The molecule has 166 valence electrons. The quantitative estimate of drug-likeness (QED) is 0.477. The Morgan fingerprint density at radius 1 is 1.03 bits per heavy atom. The van der Waals surface area contributed by atoms with Crippen molar-refractivity contribution < 1.29 is 9.53 Å². The molecule has 4 aromatic rings. The van der Waals surface area contributed by atoms with Gasteiger partial charge in [-0.2, -0.15) is 9.78 Å². The fraction of sp³-hybridized carbons (Fsp3) is 0.200. The minimum Gasteiger partial charge on any atom is -0.497 e. The van der Waals surface area contributed by atoms with E-state index in [0.29, 0.717) is 17.5 Å². The molecule has 8 heteroatoms. The predicted molar refractivity (Wildman–Crippen MR) is 130 cm³/mol. The Hall–Kier alpha value is -3.65. The van der Waals surface area contributed by atoms with Crippen LogP contribution in [0.3, 0.4) is 0 Å². The summed E-state index contributed by atoms with van der Waals surface area (Å²) in [5.41, 5.74) is 5.44. The summed E-state index contributed by atoms with van der Waals surface area (Å²) in [7, 11) is 1.65. The van der Waals surface area contributed by atoms with E-state index >= 15 is 0 Å². The van der Waals surface area contributed by atoms with Crippen LogP contribution in [-0.2, 0) is 4.79 Å². The van der Waals surface area contributed by atoms with E-state index in [4.69, 9.17) is 9.84 Å². The van der Waals surface area contributed by atoms with Crippen molar-refractivity contribution in [3.63, 3.8) is 0 Å². The summed E-state index contributed by atoms with van der Waals surface area (Å²) >= 11 is 1.58. The zero-order valence-electron chi connectivity index (χ0n) is 18.6. The minimum atomic E-state index is -0.111. The molecular weight excluding hydrogens is 434 g/mol. The van der Waals surface area contributed by atoms with Crippen molar-refractivity contribution in [2.75, 3.05) is 18.2 Å². The molecule has 0 saturated heterocycles. The van der Waals surface area contributed by atoms with Gasteiger partial charge in [0.1, 0.15) is 11.6 Å². The van der Waals surface area contributed by atoms with E-state index in [1.165, 1.54) is 0 Å². The maximum atomic E-state index is 12.8. The number of aromatic nitrogens is 4. The Morgan fingerprint density at radius 2 is 1.73 bits per heavy atom. The third kappa shape index (κ3) is 4.09. The van der Waals surface area contributed by atoms with Gasteiger partial charge in [0, 0.05) is 22.5 Å². The van der Waals surface area contributed by atoms with Crippen molar-refractivity contribution in [3.05, 3.63) is 83.2 Å². The molecule has 0 spiro atoms. The molecule has 3 heterocycles. The second kappa shape index (κ2) is 8.71. The Bertz CT molecular complexity index is 1300. The van der Waals surface area contributed by atoms with Crippen LogP contribution in [0.4, 0.5) is 5.82 Å². The Morgan fingerprint density at radius 3 is 2.39 bits per heavy atom. The van der Waals surface area contributed by atoms with Gasteiger partial charge in [0.25, 0.3) is 5.95 Å². The van der Waals surface area contributed by atoms with Gasteiger partial charge in [-0.1, -0.05) is 42.5 Å². The molecule has 0 saturated carbocycles. The topological polar surface area (TPSA) is 81.9 Å². The Kier molecular flexibility index (Phi) is 5.60. The number of carbonyl (C=O) groups is 1. The van der Waals surface area contributed by atoms with Crippen molar-refractivity contribution in [3.8, 4) is 23.0 Å². The number of nitrogens with zero attached hydrogens (tertiary/aromatic N) is 4. The van der Waals surface area contributed by atoms with Gasteiger partial charge in [0.2, 0.25) is 5.91 Å². The number of carbonyl (C=O) groups excluding carboxylic acids is 1. The van der Waals surface area contributed by atoms with E-state index in [2.05, 4.69) is 15.3 Å². The first-order chi connectivity index (χ1) is 16.0. The van der Waals surface area contributed by atoms with Gasteiger partial charge in [-0.05, 0) is 37.6 Å². The highest BCUT2D eigenvalue weighted by atomic mass is 32.2. The van der Waals surface area contributed by atoms with Gasteiger partial charge >= 0.3 is 0 Å². The number of benzene rings is 2. The van der Waals surface area contributed by atoms with Crippen LogP contribution in [-0.4, -0.2) is 38.5 Å². The molecule has 2 aromatic carbocycles. The number of fused-ring (bicyclic) bond motifs is 1. The molecule has 0 bridgehead atoms. The normalized spacial score (nSPS) is 15.5. The summed E-state index contributed by atoms with van der Waals surface area (Å²) < 4.78 is 7.00. The van der Waals surface area contributed by atoms with E-state index in [-0.39, 0.29) is 11.2 Å². The van der Waals surface area contributed by atoms with Gasteiger partial charge in [-0.15, -0.1) is 11.8 Å². The van der Waals surface area contributed by atoms with Gasteiger partial charge in [0.15, 0.2) is 0 Å². The molecule has 0 aliphatic carbocycles. The lowest BCUT2D eigenvalue weighted by molar-refractivity contribution is -0.113. The van der Waals surface area contributed by atoms with Crippen LogP contribution in [0.25, 0.3) is 17.2 Å². The highest BCUT2D eigenvalue weighted by molar-refractivity contribution is 8.00. The third-order valence-corrected chi connectivity index (χ3v) is 6.72. The van der Waals surface area contributed by atoms with Crippen molar-refractivity contribution in [1.29, 1.82) is 0 Å². The molecule has 33 heavy (non-hydrogen) atoms. The molecule has 0 radical (unpaired) electrons. The van der Waals surface area contributed by atoms with Crippen molar-refractivity contribution in [2.45, 2.75) is 19.1 Å². The molecule has 1 N–H and O–H groups in total. The zero-order valence-corrected chi connectivity index (χ0v) is 19.4. The highest BCUT2D eigenvalue weighted by Gasteiger charge is 2.33. The van der Waals surface area contributed by atoms with E-state index in [9.17, 15) is 4.79 Å². The minimum absolute atomic E-state index is 0.0811. The average molecular weight is 458 g/mol. The SMILES string of the molecule is COc1ccc(C2SCC(=O)Nc3c2c(-c2ccccc2)nn3-c2nc(C)cc(C)n2)cc1. The summed E-state index contributed by atoms with van der Waals surface area (Å²) in [6.45, 7) is 3.85. The van der Waals surface area contributed by atoms with Gasteiger partial charge in [-0.25, -0.2) is 9.97 Å². The number of aryl methyl sites for hydroxylation is 2.